The smallest absolute Gasteiger partial charge is 0.122 e. The van der Waals surface area contributed by atoms with Gasteiger partial charge in [-0.2, -0.15) is 5.26 Å². The van der Waals surface area contributed by atoms with Crippen LogP contribution >= 0.6 is 0 Å². The van der Waals surface area contributed by atoms with Crippen molar-refractivity contribution >= 4 is 0 Å². The normalized spacial score (nSPS) is 11.7. The van der Waals surface area contributed by atoms with Crippen LogP contribution in [-0.4, -0.2) is 6.61 Å². The first-order valence-electron chi connectivity index (χ1n) is 6.85. The Balaban J connectivity index is 1.94. The Hall–Kier alpha value is -2.27. The molecule has 2 nitrogen and oxygen atoms in total. The zero-order chi connectivity index (χ0) is 14.4. The van der Waals surface area contributed by atoms with E-state index in [-0.39, 0.29) is 5.92 Å². The largest absolute Gasteiger partial charge is 0.493 e. The van der Waals surface area contributed by atoms with E-state index in [0.717, 1.165) is 16.9 Å². The number of para-hydroxylation sites is 1. The van der Waals surface area contributed by atoms with Gasteiger partial charge in [0.25, 0.3) is 0 Å². The molecular weight excluding hydrogens is 246 g/mol. The predicted molar refractivity (Wildman–Crippen MR) is 80.8 cm³/mol. The molecule has 0 aliphatic heterocycles. The SMILES string of the molecule is Cc1ccc(C(C#N)CCOc2ccccc2C)cc1. The maximum atomic E-state index is 9.29. The standard InChI is InChI=1S/C18H19NO/c1-14-7-9-16(10-8-14)17(13-19)11-12-20-18-6-4-3-5-15(18)2/h3-10,17H,11-12H2,1-2H3. The number of hydrogen-bond acceptors (Lipinski definition) is 2. The van der Waals surface area contributed by atoms with E-state index in [2.05, 4.69) is 6.07 Å². The molecule has 0 aromatic heterocycles. The van der Waals surface area contributed by atoms with Crippen LogP contribution in [0.4, 0.5) is 0 Å². The predicted octanol–water partition coefficient (Wildman–Crippen LogP) is 4.38. The summed E-state index contributed by atoms with van der Waals surface area (Å²) >= 11 is 0. The summed E-state index contributed by atoms with van der Waals surface area (Å²) in [7, 11) is 0. The molecule has 2 aromatic carbocycles. The van der Waals surface area contributed by atoms with Crippen molar-refractivity contribution in [3.8, 4) is 11.8 Å². The van der Waals surface area contributed by atoms with Gasteiger partial charge in [0.1, 0.15) is 5.75 Å². The summed E-state index contributed by atoms with van der Waals surface area (Å²) in [5.74, 6) is 0.785. The van der Waals surface area contributed by atoms with Crippen LogP contribution in [0.5, 0.6) is 5.75 Å². The first-order chi connectivity index (χ1) is 9.70. The Morgan fingerprint density at radius 3 is 2.40 bits per heavy atom. The number of nitrogens with zero attached hydrogens (tertiary/aromatic N) is 1. The van der Waals surface area contributed by atoms with Crippen LogP contribution in [0.15, 0.2) is 48.5 Å². The molecule has 0 saturated heterocycles. The molecule has 2 aromatic rings. The van der Waals surface area contributed by atoms with Crippen LogP contribution in [0.1, 0.15) is 29.0 Å². The minimum Gasteiger partial charge on any atom is -0.493 e. The minimum absolute atomic E-state index is 0.111. The Bertz CT molecular complexity index is 596. The summed E-state index contributed by atoms with van der Waals surface area (Å²) in [5, 5.41) is 9.29. The lowest BCUT2D eigenvalue weighted by atomic mass is 9.97. The quantitative estimate of drug-likeness (QED) is 0.803. The van der Waals surface area contributed by atoms with Gasteiger partial charge in [-0.1, -0.05) is 48.0 Å². The second kappa shape index (κ2) is 6.77. The zero-order valence-electron chi connectivity index (χ0n) is 12.0. The molecule has 0 aliphatic carbocycles. The molecule has 20 heavy (non-hydrogen) atoms. The average molecular weight is 265 g/mol. The summed E-state index contributed by atoms with van der Waals surface area (Å²) in [6.07, 6.45) is 0.702. The molecule has 0 N–H and O–H groups in total. The minimum atomic E-state index is -0.111. The average Bonchev–Trinajstić information content (AvgIpc) is 2.47. The Morgan fingerprint density at radius 2 is 1.75 bits per heavy atom. The third-order valence-corrected chi connectivity index (χ3v) is 3.39. The van der Waals surface area contributed by atoms with E-state index in [9.17, 15) is 5.26 Å². The Kier molecular flexibility index (Phi) is 4.79. The van der Waals surface area contributed by atoms with Gasteiger partial charge >= 0.3 is 0 Å². The van der Waals surface area contributed by atoms with Gasteiger partial charge < -0.3 is 4.74 Å². The van der Waals surface area contributed by atoms with E-state index < -0.39 is 0 Å². The molecule has 0 saturated carbocycles. The van der Waals surface area contributed by atoms with E-state index in [1.165, 1.54) is 5.56 Å². The van der Waals surface area contributed by atoms with Crippen molar-refractivity contribution < 1.29 is 4.74 Å². The topological polar surface area (TPSA) is 33.0 Å². The highest BCUT2D eigenvalue weighted by molar-refractivity contribution is 5.32. The van der Waals surface area contributed by atoms with Gasteiger partial charge in [0.15, 0.2) is 0 Å². The second-order valence-corrected chi connectivity index (χ2v) is 5.00. The van der Waals surface area contributed by atoms with Crippen LogP contribution in [0.2, 0.25) is 0 Å². The summed E-state index contributed by atoms with van der Waals surface area (Å²) in [6.45, 7) is 4.63. The number of ether oxygens (including phenoxy) is 1. The highest BCUT2D eigenvalue weighted by Crippen LogP contribution is 2.21. The van der Waals surface area contributed by atoms with Gasteiger partial charge in [-0.3, -0.25) is 0 Å². The molecule has 0 spiro atoms. The molecule has 0 heterocycles. The molecule has 1 unspecified atom stereocenters. The monoisotopic (exact) mass is 265 g/mol. The molecule has 2 heteroatoms. The van der Waals surface area contributed by atoms with E-state index in [1.807, 2.05) is 62.4 Å². The first kappa shape index (κ1) is 14.1. The number of rotatable bonds is 5. The molecule has 2 rings (SSSR count). The lowest BCUT2D eigenvalue weighted by molar-refractivity contribution is 0.304. The fourth-order valence-electron chi connectivity index (χ4n) is 2.11. The van der Waals surface area contributed by atoms with E-state index in [4.69, 9.17) is 4.74 Å². The van der Waals surface area contributed by atoms with Crippen molar-refractivity contribution in [2.45, 2.75) is 26.2 Å². The lowest BCUT2D eigenvalue weighted by Crippen LogP contribution is -2.05. The maximum Gasteiger partial charge on any atom is 0.122 e. The molecule has 0 fully saturated rings. The van der Waals surface area contributed by atoms with Gasteiger partial charge in [0, 0.05) is 6.42 Å². The summed E-state index contributed by atoms with van der Waals surface area (Å²) < 4.78 is 5.76. The van der Waals surface area contributed by atoms with E-state index in [0.29, 0.717) is 13.0 Å². The van der Waals surface area contributed by atoms with Crippen molar-refractivity contribution in [3.05, 3.63) is 65.2 Å². The van der Waals surface area contributed by atoms with Crippen molar-refractivity contribution in [1.29, 1.82) is 5.26 Å². The van der Waals surface area contributed by atoms with Crippen LogP contribution < -0.4 is 4.74 Å². The van der Waals surface area contributed by atoms with Crippen LogP contribution in [0.25, 0.3) is 0 Å². The number of nitriles is 1. The van der Waals surface area contributed by atoms with Gasteiger partial charge in [-0.05, 0) is 31.0 Å². The molecule has 102 valence electrons. The number of aryl methyl sites for hydroxylation is 2. The van der Waals surface area contributed by atoms with Gasteiger partial charge in [0.2, 0.25) is 0 Å². The molecular formula is C18H19NO. The van der Waals surface area contributed by atoms with Crippen molar-refractivity contribution in [3.63, 3.8) is 0 Å². The zero-order valence-corrected chi connectivity index (χ0v) is 12.0. The molecule has 0 amide bonds. The van der Waals surface area contributed by atoms with Crippen LogP contribution in [0.3, 0.4) is 0 Å². The molecule has 0 radical (unpaired) electrons. The van der Waals surface area contributed by atoms with Crippen LogP contribution in [0, 0.1) is 25.2 Å². The number of hydrogen-bond donors (Lipinski definition) is 0. The highest BCUT2D eigenvalue weighted by atomic mass is 16.5. The van der Waals surface area contributed by atoms with Gasteiger partial charge in [-0.25, -0.2) is 0 Å². The summed E-state index contributed by atoms with van der Waals surface area (Å²) in [4.78, 5) is 0. The van der Waals surface area contributed by atoms with E-state index >= 15 is 0 Å². The highest BCUT2D eigenvalue weighted by Gasteiger charge is 2.10. The molecule has 0 bridgehead atoms. The molecule has 1 atom stereocenters. The number of benzene rings is 2. The van der Waals surface area contributed by atoms with E-state index in [1.54, 1.807) is 0 Å². The second-order valence-electron chi connectivity index (χ2n) is 5.00. The van der Waals surface area contributed by atoms with Crippen molar-refractivity contribution in [2.75, 3.05) is 6.61 Å². The van der Waals surface area contributed by atoms with Crippen molar-refractivity contribution in [2.24, 2.45) is 0 Å². The molecule has 0 aliphatic rings. The third kappa shape index (κ3) is 3.61. The Morgan fingerprint density at radius 1 is 1.05 bits per heavy atom. The summed E-state index contributed by atoms with van der Waals surface area (Å²) in [5.41, 5.74) is 3.39. The summed E-state index contributed by atoms with van der Waals surface area (Å²) in [6, 6.07) is 18.4. The first-order valence-corrected chi connectivity index (χ1v) is 6.85. The fourth-order valence-corrected chi connectivity index (χ4v) is 2.11. The van der Waals surface area contributed by atoms with Gasteiger partial charge in [0.05, 0.1) is 18.6 Å². The maximum absolute atomic E-state index is 9.29. The lowest BCUT2D eigenvalue weighted by Gasteiger charge is -2.12. The van der Waals surface area contributed by atoms with Crippen LogP contribution in [-0.2, 0) is 0 Å². The van der Waals surface area contributed by atoms with Gasteiger partial charge in [-0.15, -0.1) is 0 Å². The Labute approximate surface area is 120 Å². The third-order valence-electron chi connectivity index (χ3n) is 3.39. The van der Waals surface area contributed by atoms with Crippen molar-refractivity contribution in [1.82, 2.24) is 0 Å². The fraction of sp³-hybridized carbons (Fsp3) is 0.278.